The fourth-order valence-corrected chi connectivity index (χ4v) is 2.19. The first-order valence-corrected chi connectivity index (χ1v) is 6.60. The summed E-state index contributed by atoms with van der Waals surface area (Å²) in [6.07, 6.45) is 1.66. The fourth-order valence-electron chi connectivity index (χ4n) is 2.19. The molecule has 0 saturated heterocycles. The zero-order valence-electron chi connectivity index (χ0n) is 11.9. The van der Waals surface area contributed by atoms with Gasteiger partial charge in [0, 0.05) is 12.2 Å². The number of amides is 1. The lowest BCUT2D eigenvalue weighted by molar-refractivity contribution is 0.0956. The second-order valence-corrected chi connectivity index (χ2v) is 4.69. The summed E-state index contributed by atoms with van der Waals surface area (Å²) in [5.41, 5.74) is 3.45. The van der Waals surface area contributed by atoms with E-state index < -0.39 is 0 Å². The second-order valence-electron chi connectivity index (χ2n) is 4.69. The van der Waals surface area contributed by atoms with Crippen molar-refractivity contribution in [1.29, 1.82) is 0 Å². The van der Waals surface area contributed by atoms with Crippen LogP contribution in [0.4, 0.5) is 0 Å². The van der Waals surface area contributed by atoms with Gasteiger partial charge in [-0.3, -0.25) is 9.48 Å². The van der Waals surface area contributed by atoms with E-state index in [0.29, 0.717) is 18.7 Å². The number of aromatic nitrogens is 2. The number of benzene rings is 1. The lowest BCUT2D eigenvalue weighted by Gasteiger charge is -2.06. The molecule has 1 heterocycles. The summed E-state index contributed by atoms with van der Waals surface area (Å²) in [6.45, 7) is 8.51. The molecular weight excluding hydrogens is 250 g/mol. The molecule has 2 aromatic rings. The minimum absolute atomic E-state index is 0.0980. The van der Waals surface area contributed by atoms with Gasteiger partial charge in [0.1, 0.15) is 0 Å². The van der Waals surface area contributed by atoms with Crippen LogP contribution in [-0.4, -0.2) is 22.2 Å². The van der Waals surface area contributed by atoms with Gasteiger partial charge in [0.05, 0.1) is 17.8 Å². The number of carbonyl (C=O) groups excluding carboxylic acids is 1. The van der Waals surface area contributed by atoms with Gasteiger partial charge in [0.2, 0.25) is 0 Å². The Morgan fingerprint density at radius 3 is 2.70 bits per heavy atom. The van der Waals surface area contributed by atoms with Gasteiger partial charge in [-0.05, 0) is 19.4 Å². The number of hydrogen-bond acceptors (Lipinski definition) is 2. The Balaban J connectivity index is 2.24. The van der Waals surface area contributed by atoms with Crippen molar-refractivity contribution in [2.24, 2.45) is 0 Å². The molecule has 1 amide bonds. The monoisotopic (exact) mass is 269 g/mol. The van der Waals surface area contributed by atoms with Crippen molar-refractivity contribution in [3.8, 4) is 0 Å². The van der Waals surface area contributed by atoms with Gasteiger partial charge in [0.25, 0.3) is 5.91 Å². The molecule has 4 heteroatoms. The van der Waals surface area contributed by atoms with Crippen LogP contribution in [0, 0.1) is 13.8 Å². The van der Waals surface area contributed by atoms with E-state index in [0.717, 1.165) is 17.0 Å². The molecule has 0 bridgehead atoms. The van der Waals surface area contributed by atoms with Gasteiger partial charge in [-0.2, -0.15) is 5.10 Å². The summed E-state index contributed by atoms with van der Waals surface area (Å²) in [5, 5.41) is 7.26. The van der Waals surface area contributed by atoms with Crippen LogP contribution >= 0.6 is 0 Å². The Labute approximate surface area is 119 Å². The highest BCUT2D eigenvalue weighted by Crippen LogP contribution is 2.14. The molecule has 0 atom stereocenters. The predicted octanol–water partition coefficient (Wildman–Crippen LogP) is 2.46. The summed E-state index contributed by atoms with van der Waals surface area (Å²) in [6, 6.07) is 10.1. The van der Waals surface area contributed by atoms with Crippen LogP contribution in [0.3, 0.4) is 0 Å². The third kappa shape index (κ3) is 2.96. The Morgan fingerprint density at radius 1 is 1.35 bits per heavy atom. The van der Waals surface area contributed by atoms with Crippen molar-refractivity contribution in [2.75, 3.05) is 6.54 Å². The molecule has 0 radical (unpaired) electrons. The molecule has 0 saturated carbocycles. The van der Waals surface area contributed by atoms with Crippen LogP contribution in [0.15, 0.2) is 43.0 Å². The molecule has 0 unspecified atom stereocenters. The van der Waals surface area contributed by atoms with E-state index in [-0.39, 0.29) is 5.91 Å². The standard InChI is InChI=1S/C16H19N3O/c1-4-10-17-16(20)15-12(2)18-19(13(15)3)11-14-8-6-5-7-9-14/h4-9H,1,10-11H2,2-3H3,(H,17,20). The quantitative estimate of drug-likeness (QED) is 0.848. The van der Waals surface area contributed by atoms with E-state index in [2.05, 4.69) is 17.0 Å². The van der Waals surface area contributed by atoms with Crippen molar-refractivity contribution >= 4 is 5.91 Å². The molecule has 20 heavy (non-hydrogen) atoms. The van der Waals surface area contributed by atoms with Crippen molar-refractivity contribution in [3.63, 3.8) is 0 Å². The van der Waals surface area contributed by atoms with Crippen molar-refractivity contribution < 1.29 is 4.79 Å². The van der Waals surface area contributed by atoms with Gasteiger partial charge >= 0.3 is 0 Å². The summed E-state index contributed by atoms with van der Waals surface area (Å²) in [5.74, 6) is -0.0980. The van der Waals surface area contributed by atoms with Crippen molar-refractivity contribution in [2.45, 2.75) is 20.4 Å². The van der Waals surface area contributed by atoms with Gasteiger partial charge in [-0.1, -0.05) is 36.4 Å². The maximum atomic E-state index is 12.1. The van der Waals surface area contributed by atoms with Crippen molar-refractivity contribution in [3.05, 3.63) is 65.5 Å². The summed E-state index contributed by atoms with van der Waals surface area (Å²) in [7, 11) is 0. The molecular formula is C16H19N3O. The molecule has 1 aromatic carbocycles. The SMILES string of the molecule is C=CCNC(=O)c1c(C)nn(Cc2ccccc2)c1C. The third-order valence-corrected chi connectivity index (χ3v) is 3.19. The van der Waals surface area contributed by atoms with E-state index >= 15 is 0 Å². The van der Waals surface area contributed by atoms with E-state index in [9.17, 15) is 4.79 Å². The predicted molar refractivity (Wildman–Crippen MR) is 79.8 cm³/mol. The van der Waals surface area contributed by atoms with E-state index in [1.807, 2.05) is 48.9 Å². The zero-order valence-corrected chi connectivity index (χ0v) is 11.9. The fraction of sp³-hybridized carbons (Fsp3) is 0.250. The van der Waals surface area contributed by atoms with E-state index in [1.165, 1.54) is 0 Å². The Bertz CT molecular complexity index is 614. The number of nitrogens with zero attached hydrogens (tertiary/aromatic N) is 2. The van der Waals surface area contributed by atoms with Crippen LogP contribution in [0.5, 0.6) is 0 Å². The average Bonchev–Trinajstić information content (AvgIpc) is 2.72. The smallest absolute Gasteiger partial charge is 0.255 e. The minimum Gasteiger partial charge on any atom is -0.348 e. The van der Waals surface area contributed by atoms with Gasteiger partial charge in [-0.15, -0.1) is 6.58 Å². The number of aryl methyl sites for hydroxylation is 1. The maximum absolute atomic E-state index is 12.1. The number of hydrogen-bond donors (Lipinski definition) is 1. The first-order valence-electron chi connectivity index (χ1n) is 6.60. The average molecular weight is 269 g/mol. The van der Waals surface area contributed by atoms with E-state index in [1.54, 1.807) is 6.08 Å². The second kappa shape index (κ2) is 6.19. The molecule has 2 rings (SSSR count). The first kappa shape index (κ1) is 14.1. The van der Waals surface area contributed by atoms with Crippen LogP contribution in [-0.2, 0) is 6.54 Å². The molecule has 0 fully saturated rings. The van der Waals surface area contributed by atoms with Crippen LogP contribution in [0.1, 0.15) is 27.3 Å². The minimum atomic E-state index is -0.0980. The first-order chi connectivity index (χ1) is 9.63. The zero-order chi connectivity index (χ0) is 14.5. The summed E-state index contributed by atoms with van der Waals surface area (Å²) < 4.78 is 1.87. The highest BCUT2D eigenvalue weighted by molar-refractivity contribution is 5.96. The molecule has 4 nitrogen and oxygen atoms in total. The Morgan fingerprint density at radius 2 is 2.05 bits per heavy atom. The summed E-state index contributed by atoms with van der Waals surface area (Å²) in [4.78, 5) is 12.1. The Kier molecular flexibility index (Phi) is 4.35. The highest BCUT2D eigenvalue weighted by Gasteiger charge is 2.17. The largest absolute Gasteiger partial charge is 0.348 e. The van der Waals surface area contributed by atoms with Crippen LogP contribution in [0.2, 0.25) is 0 Å². The molecule has 104 valence electrons. The van der Waals surface area contributed by atoms with Crippen molar-refractivity contribution in [1.82, 2.24) is 15.1 Å². The molecule has 1 aromatic heterocycles. The van der Waals surface area contributed by atoms with Gasteiger partial charge in [-0.25, -0.2) is 0 Å². The van der Waals surface area contributed by atoms with Crippen LogP contribution in [0.25, 0.3) is 0 Å². The van der Waals surface area contributed by atoms with Gasteiger partial charge < -0.3 is 5.32 Å². The molecule has 0 spiro atoms. The number of nitrogens with one attached hydrogen (secondary N) is 1. The number of carbonyl (C=O) groups is 1. The normalized spacial score (nSPS) is 10.3. The number of rotatable bonds is 5. The van der Waals surface area contributed by atoms with Crippen LogP contribution < -0.4 is 5.32 Å². The third-order valence-electron chi connectivity index (χ3n) is 3.19. The Hall–Kier alpha value is -2.36. The molecule has 0 aliphatic rings. The maximum Gasteiger partial charge on any atom is 0.255 e. The highest BCUT2D eigenvalue weighted by atomic mass is 16.1. The molecule has 1 N–H and O–H groups in total. The topological polar surface area (TPSA) is 46.9 Å². The lowest BCUT2D eigenvalue weighted by Crippen LogP contribution is -2.24. The summed E-state index contributed by atoms with van der Waals surface area (Å²) >= 11 is 0. The van der Waals surface area contributed by atoms with Gasteiger partial charge in [0.15, 0.2) is 0 Å². The molecule has 0 aliphatic heterocycles. The molecule has 0 aliphatic carbocycles. The lowest BCUT2D eigenvalue weighted by atomic mass is 10.1. The van der Waals surface area contributed by atoms with E-state index in [4.69, 9.17) is 0 Å².